The summed E-state index contributed by atoms with van der Waals surface area (Å²) in [5.41, 5.74) is 9.55. The van der Waals surface area contributed by atoms with Crippen molar-refractivity contribution in [2.24, 2.45) is 5.73 Å². The minimum absolute atomic E-state index is 0.101. The Morgan fingerprint density at radius 3 is 1.96 bits per heavy atom. The summed E-state index contributed by atoms with van der Waals surface area (Å²) in [5, 5.41) is 0. The van der Waals surface area contributed by atoms with Crippen LogP contribution >= 0.6 is 0 Å². The maximum Gasteiger partial charge on any atom is 0.263 e. The number of nitrogens with two attached hydrogens (primary N) is 1. The number of carbonyl (C=O) groups excluding carboxylic acids is 1. The van der Waals surface area contributed by atoms with Gasteiger partial charge in [0, 0.05) is 5.56 Å². The summed E-state index contributed by atoms with van der Waals surface area (Å²) in [6.07, 6.45) is -0.835. The van der Waals surface area contributed by atoms with Gasteiger partial charge in [0.05, 0.1) is 0 Å². The molecule has 1 amide bonds. The Labute approximate surface area is 160 Å². The smallest absolute Gasteiger partial charge is 0.263 e. The summed E-state index contributed by atoms with van der Waals surface area (Å²) < 4.78 is 6.09. The lowest BCUT2D eigenvalue weighted by Gasteiger charge is -2.25. The second kappa shape index (κ2) is 7.67. The van der Waals surface area contributed by atoms with Crippen molar-refractivity contribution in [3.8, 4) is 16.9 Å². The molecule has 0 aromatic heterocycles. The fraction of sp³-hybridized carbons (Fsp3) is 0.208. The monoisotopic (exact) mass is 359 g/mol. The van der Waals surface area contributed by atoms with E-state index in [0.717, 1.165) is 22.3 Å². The molecule has 0 radical (unpaired) electrons. The molecular weight excluding hydrogens is 334 g/mol. The summed E-state index contributed by atoms with van der Waals surface area (Å²) in [6.45, 7) is 6.34. The van der Waals surface area contributed by atoms with E-state index in [1.807, 2.05) is 66.7 Å². The molecule has 0 fully saturated rings. The average molecular weight is 359 g/mol. The first kappa shape index (κ1) is 18.7. The molecule has 3 aromatic rings. The summed E-state index contributed by atoms with van der Waals surface area (Å²) in [6, 6.07) is 25.6. The molecule has 0 bridgehead atoms. The van der Waals surface area contributed by atoms with Gasteiger partial charge in [0.1, 0.15) is 5.75 Å². The van der Waals surface area contributed by atoms with Crippen molar-refractivity contribution in [3.63, 3.8) is 0 Å². The molecule has 0 saturated carbocycles. The van der Waals surface area contributed by atoms with Gasteiger partial charge in [-0.2, -0.15) is 0 Å². The molecule has 0 aliphatic rings. The molecule has 1 atom stereocenters. The van der Waals surface area contributed by atoms with Crippen LogP contribution < -0.4 is 10.5 Å². The number of benzene rings is 3. The highest BCUT2D eigenvalue weighted by Gasteiger charge is 2.24. The van der Waals surface area contributed by atoms with Crippen LogP contribution in [0.2, 0.25) is 0 Å². The summed E-state index contributed by atoms with van der Waals surface area (Å²) in [5.74, 6) is 0.173. The molecule has 0 aliphatic carbocycles. The summed E-state index contributed by atoms with van der Waals surface area (Å²) in [7, 11) is 0. The number of amides is 1. The van der Waals surface area contributed by atoms with Crippen LogP contribution in [0.5, 0.6) is 5.75 Å². The molecule has 3 rings (SSSR count). The molecule has 3 heteroatoms. The van der Waals surface area contributed by atoms with Gasteiger partial charge in [0.15, 0.2) is 0 Å². The van der Waals surface area contributed by atoms with Gasteiger partial charge >= 0.3 is 0 Å². The zero-order chi connectivity index (χ0) is 19.4. The molecule has 0 spiro atoms. The fourth-order valence-corrected chi connectivity index (χ4v) is 3.09. The third-order valence-corrected chi connectivity index (χ3v) is 4.52. The van der Waals surface area contributed by atoms with E-state index >= 15 is 0 Å². The molecule has 3 aromatic carbocycles. The zero-order valence-electron chi connectivity index (χ0n) is 16.0. The fourth-order valence-electron chi connectivity index (χ4n) is 3.09. The van der Waals surface area contributed by atoms with Crippen molar-refractivity contribution in [1.82, 2.24) is 0 Å². The van der Waals surface area contributed by atoms with Crippen molar-refractivity contribution >= 4 is 5.91 Å². The maximum atomic E-state index is 12.1. The Balaban J connectivity index is 1.90. The van der Waals surface area contributed by atoms with E-state index in [9.17, 15) is 4.79 Å². The minimum atomic E-state index is -0.835. The molecule has 0 aliphatic heterocycles. The Morgan fingerprint density at radius 1 is 0.815 bits per heavy atom. The first-order chi connectivity index (χ1) is 12.9. The first-order valence-corrected chi connectivity index (χ1v) is 9.07. The van der Waals surface area contributed by atoms with Crippen LogP contribution in [0, 0.1) is 0 Å². The number of carbonyl (C=O) groups is 1. The van der Waals surface area contributed by atoms with Crippen LogP contribution in [0.4, 0.5) is 0 Å². The lowest BCUT2D eigenvalue weighted by atomic mass is 9.86. The van der Waals surface area contributed by atoms with Gasteiger partial charge in [-0.25, -0.2) is 0 Å². The van der Waals surface area contributed by atoms with E-state index in [2.05, 4.69) is 32.9 Å². The van der Waals surface area contributed by atoms with Crippen molar-refractivity contribution in [2.45, 2.75) is 32.3 Å². The van der Waals surface area contributed by atoms with Crippen molar-refractivity contribution in [2.75, 3.05) is 0 Å². The van der Waals surface area contributed by atoms with E-state index in [-0.39, 0.29) is 5.41 Å². The molecule has 2 N–H and O–H groups in total. The third kappa shape index (κ3) is 4.37. The predicted octanol–water partition coefficient (Wildman–Crippen LogP) is 5.26. The quantitative estimate of drug-likeness (QED) is 0.676. The second-order valence-corrected chi connectivity index (χ2v) is 7.63. The number of rotatable bonds is 5. The molecule has 1 unspecified atom stereocenters. The maximum absolute atomic E-state index is 12.1. The van der Waals surface area contributed by atoms with E-state index in [1.165, 1.54) is 0 Å². The van der Waals surface area contributed by atoms with Crippen LogP contribution in [0.25, 0.3) is 11.1 Å². The number of primary amides is 1. The van der Waals surface area contributed by atoms with Gasteiger partial charge in [0.25, 0.3) is 5.91 Å². The number of ether oxygens (including phenoxy) is 1. The molecule has 138 valence electrons. The highest BCUT2D eigenvalue weighted by Crippen LogP contribution is 2.34. The van der Waals surface area contributed by atoms with Gasteiger partial charge in [-0.05, 0) is 28.2 Å². The van der Waals surface area contributed by atoms with Crippen LogP contribution in [-0.4, -0.2) is 5.91 Å². The topological polar surface area (TPSA) is 52.3 Å². The second-order valence-electron chi connectivity index (χ2n) is 7.63. The van der Waals surface area contributed by atoms with Gasteiger partial charge in [-0.1, -0.05) is 93.6 Å². The van der Waals surface area contributed by atoms with E-state index in [1.54, 1.807) is 0 Å². The van der Waals surface area contributed by atoms with Gasteiger partial charge in [-0.15, -0.1) is 0 Å². The number of hydrogen-bond donors (Lipinski definition) is 1. The Hall–Kier alpha value is -3.07. The highest BCUT2D eigenvalue weighted by molar-refractivity contribution is 5.81. The van der Waals surface area contributed by atoms with Gasteiger partial charge in [0.2, 0.25) is 6.10 Å². The first-order valence-electron chi connectivity index (χ1n) is 9.07. The van der Waals surface area contributed by atoms with Gasteiger partial charge in [-0.3, -0.25) is 4.79 Å². The molecule has 27 heavy (non-hydrogen) atoms. The lowest BCUT2D eigenvalue weighted by molar-refractivity contribution is -0.125. The van der Waals surface area contributed by atoms with Crippen molar-refractivity contribution in [1.29, 1.82) is 0 Å². The SMILES string of the molecule is CC(C)(C)c1ccccc1OC(C(N)=O)c1ccc(-c2ccccc2)cc1. The number of hydrogen-bond acceptors (Lipinski definition) is 2. The molecular formula is C24H25NO2. The summed E-state index contributed by atoms with van der Waals surface area (Å²) in [4.78, 5) is 12.1. The molecule has 0 saturated heterocycles. The van der Waals surface area contributed by atoms with E-state index in [4.69, 9.17) is 10.5 Å². The minimum Gasteiger partial charge on any atom is -0.476 e. The Bertz CT molecular complexity index is 909. The van der Waals surface area contributed by atoms with E-state index < -0.39 is 12.0 Å². The van der Waals surface area contributed by atoms with Crippen molar-refractivity contribution < 1.29 is 9.53 Å². The summed E-state index contributed by atoms with van der Waals surface area (Å²) >= 11 is 0. The molecule has 0 heterocycles. The van der Waals surface area contributed by atoms with Crippen LogP contribution in [0.1, 0.15) is 38.0 Å². The van der Waals surface area contributed by atoms with Crippen LogP contribution in [0.3, 0.4) is 0 Å². The third-order valence-electron chi connectivity index (χ3n) is 4.52. The standard InChI is InChI=1S/C24H25NO2/c1-24(2,3)20-11-7-8-12-21(20)27-22(23(25)26)19-15-13-18(14-16-19)17-9-5-4-6-10-17/h4-16,22H,1-3H3,(H2,25,26). The largest absolute Gasteiger partial charge is 0.476 e. The average Bonchev–Trinajstić information content (AvgIpc) is 2.66. The normalized spacial score (nSPS) is 12.4. The highest BCUT2D eigenvalue weighted by atomic mass is 16.5. The Morgan fingerprint density at radius 2 is 1.37 bits per heavy atom. The van der Waals surface area contributed by atoms with Crippen molar-refractivity contribution in [3.05, 3.63) is 90.0 Å². The molecule has 3 nitrogen and oxygen atoms in total. The Kier molecular flexibility index (Phi) is 5.31. The van der Waals surface area contributed by atoms with E-state index in [0.29, 0.717) is 5.75 Å². The number of para-hydroxylation sites is 1. The lowest BCUT2D eigenvalue weighted by Crippen LogP contribution is -2.27. The van der Waals surface area contributed by atoms with Gasteiger partial charge < -0.3 is 10.5 Å². The van der Waals surface area contributed by atoms with Crippen LogP contribution in [0.15, 0.2) is 78.9 Å². The predicted molar refractivity (Wildman–Crippen MR) is 110 cm³/mol. The van der Waals surface area contributed by atoms with Crippen LogP contribution in [-0.2, 0) is 10.2 Å². The zero-order valence-corrected chi connectivity index (χ0v) is 16.0.